The van der Waals surface area contributed by atoms with Gasteiger partial charge >= 0.3 is 0 Å². The molecule has 0 unspecified atom stereocenters. The van der Waals surface area contributed by atoms with Crippen molar-refractivity contribution in [2.45, 2.75) is 58.0 Å². The minimum absolute atomic E-state index is 0.121. The second-order valence-electron chi connectivity index (χ2n) is 8.52. The number of nitrogens with zero attached hydrogens (tertiary/aromatic N) is 1. The summed E-state index contributed by atoms with van der Waals surface area (Å²) in [7, 11) is 0. The lowest BCUT2D eigenvalue weighted by Crippen LogP contribution is -2.53. The number of nitrogens with one attached hydrogen (secondary N) is 1. The van der Waals surface area contributed by atoms with Gasteiger partial charge < -0.3 is 10.2 Å². The van der Waals surface area contributed by atoms with Gasteiger partial charge in [-0.25, -0.2) is 0 Å². The van der Waals surface area contributed by atoms with E-state index < -0.39 is 11.6 Å². The number of amides is 2. The van der Waals surface area contributed by atoms with Gasteiger partial charge in [0.25, 0.3) is 0 Å². The Labute approximate surface area is 210 Å². The first-order valence-corrected chi connectivity index (χ1v) is 12.7. The van der Waals surface area contributed by atoms with Gasteiger partial charge in [-0.05, 0) is 56.5 Å². The molecule has 0 radical (unpaired) electrons. The van der Waals surface area contributed by atoms with E-state index in [4.69, 9.17) is 34.8 Å². The molecule has 1 N–H and O–H groups in total. The summed E-state index contributed by atoms with van der Waals surface area (Å²) >= 11 is 19.9. The van der Waals surface area contributed by atoms with Crippen LogP contribution in [0, 0.1) is 0 Å². The zero-order chi connectivity index (χ0) is 23.9. The predicted octanol–water partition coefficient (Wildman–Crippen LogP) is 6.60. The van der Waals surface area contributed by atoms with E-state index in [0.717, 1.165) is 11.1 Å². The summed E-state index contributed by atoms with van der Waals surface area (Å²) in [5.74, 6) is 0.539. The lowest BCUT2D eigenvalue weighted by molar-refractivity contribution is -0.140. The van der Waals surface area contributed by atoms with Gasteiger partial charge in [-0.15, -0.1) is 11.8 Å². The van der Waals surface area contributed by atoms with Crippen LogP contribution in [0.5, 0.6) is 0 Å². The highest BCUT2D eigenvalue weighted by molar-refractivity contribution is 7.99. The minimum atomic E-state index is -0.600. The van der Waals surface area contributed by atoms with Crippen molar-refractivity contribution in [3.05, 3.63) is 68.7 Å². The van der Waals surface area contributed by atoms with Gasteiger partial charge in [0.2, 0.25) is 11.8 Å². The summed E-state index contributed by atoms with van der Waals surface area (Å²) in [5, 5.41) is 4.53. The molecule has 32 heavy (non-hydrogen) atoms. The van der Waals surface area contributed by atoms with Crippen LogP contribution in [-0.2, 0) is 21.9 Å². The third kappa shape index (κ3) is 8.18. The average Bonchev–Trinajstić information content (AvgIpc) is 2.70. The molecule has 0 saturated carbocycles. The number of halogens is 3. The second-order valence-corrected chi connectivity index (χ2v) is 10.7. The quantitative estimate of drug-likeness (QED) is 0.409. The van der Waals surface area contributed by atoms with E-state index in [2.05, 4.69) is 5.32 Å². The highest BCUT2D eigenvalue weighted by atomic mass is 35.5. The van der Waals surface area contributed by atoms with Crippen LogP contribution >= 0.6 is 46.6 Å². The zero-order valence-corrected chi connectivity index (χ0v) is 21.8. The first-order chi connectivity index (χ1) is 15.0. The van der Waals surface area contributed by atoms with Gasteiger partial charge in [0.05, 0.1) is 15.8 Å². The summed E-state index contributed by atoms with van der Waals surface area (Å²) in [4.78, 5) is 27.9. The Morgan fingerprint density at radius 1 is 1.03 bits per heavy atom. The van der Waals surface area contributed by atoms with Crippen molar-refractivity contribution in [1.82, 2.24) is 10.2 Å². The topological polar surface area (TPSA) is 49.4 Å². The molecule has 0 spiro atoms. The summed E-state index contributed by atoms with van der Waals surface area (Å²) < 4.78 is 0. The van der Waals surface area contributed by atoms with Crippen molar-refractivity contribution in [2.24, 2.45) is 0 Å². The van der Waals surface area contributed by atoms with Gasteiger partial charge in [0, 0.05) is 22.9 Å². The fraction of sp³-hybridized carbons (Fsp3) is 0.417. The number of hydrogen-bond acceptors (Lipinski definition) is 3. The first kappa shape index (κ1) is 26.8. The molecule has 0 aliphatic carbocycles. The molecular formula is C24H29Cl3N2O2S. The van der Waals surface area contributed by atoms with Crippen molar-refractivity contribution >= 4 is 58.4 Å². The van der Waals surface area contributed by atoms with Crippen molar-refractivity contribution in [2.75, 3.05) is 5.75 Å². The average molecular weight is 516 g/mol. The van der Waals surface area contributed by atoms with Gasteiger partial charge in [-0.3, -0.25) is 9.59 Å². The van der Waals surface area contributed by atoms with Crippen LogP contribution in [0.1, 0.15) is 45.2 Å². The van der Waals surface area contributed by atoms with Crippen molar-refractivity contribution in [1.29, 1.82) is 0 Å². The molecular weight excluding hydrogens is 487 g/mol. The molecule has 0 bridgehead atoms. The molecule has 0 aliphatic rings. The molecule has 0 aromatic heterocycles. The molecule has 0 saturated heterocycles. The van der Waals surface area contributed by atoms with Crippen molar-refractivity contribution < 1.29 is 9.59 Å². The molecule has 4 nitrogen and oxygen atoms in total. The highest BCUT2D eigenvalue weighted by Crippen LogP contribution is 2.25. The largest absolute Gasteiger partial charge is 0.350 e. The molecule has 0 heterocycles. The Morgan fingerprint density at radius 3 is 2.31 bits per heavy atom. The number of carbonyl (C=O) groups excluding carboxylic acids is 2. The van der Waals surface area contributed by atoms with E-state index in [0.29, 0.717) is 27.2 Å². The third-order valence-electron chi connectivity index (χ3n) is 4.66. The SMILES string of the molecule is CC[C@H](C(=O)NC(C)(C)C)N(Cc1ccc(Cl)c(Cl)c1)C(=O)CSCc1ccccc1Cl. The van der Waals surface area contributed by atoms with Gasteiger partial charge in [0.15, 0.2) is 0 Å². The molecule has 2 amide bonds. The Morgan fingerprint density at radius 2 is 1.72 bits per heavy atom. The maximum atomic E-state index is 13.3. The molecule has 2 rings (SSSR count). The molecule has 2 aromatic rings. The second kappa shape index (κ2) is 12.2. The van der Waals surface area contributed by atoms with Crippen molar-refractivity contribution in [3.63, 3.8) is 0 Å². The zero-order valence-electron chi connectivity index (χ0n) is 18.8. The fourth-order valence-electron chi connectivity index (χ4n) is 3.15. The molecule has 1 atom stereocenters. The van der Waals surface area contributed by atoms with Crippen LogP contribution in [-0.4, -0.2) is 34.0 Å². The fourth-order valence-corrected chi connectivity index (χ4v) is 4.67. The number of benzene rings is 2. The van der Waals surface area contributed by atoms with E-state index in [9.17, 15) is 9.59 Å². The summed E-state index contributed by atoms with van der Waals surface area (Å²) in [5.41, 5.74) is 1.38. The molecule has 8 heteroatoms. The smallest absolute Gasteiger partial charge is 0.243 e. The Hall–Kier alpha value is -1.40. The van der Waals surface area contributed by atoms with E-state index in [-0.39, 0.29) is 24.1 Å². The van der Waals surface area contributed by atoms with Crippen LogP contribution in [0.4, 0.5) is 0 Å². The first-order valence-electron chi connectivity index (χ1n) is 10.4. The van der Waals surface area contributed by atoms with Crippen LogP contribution in [0.25, 0.3) is 0 Å². The van der Waals surface area contributed by atoms with Crippen LogP contribution in [0.15, 0.2) is 42.5 Å². The normalized spacial score (nSPS) is 12.3. The number of hydrogen-bond donors (Lipinski definition) is 1. The molecule has 0 aliphatic heterocycles. The van der Waals surface area contributed by atoms with Gasteiger partial charge in [-0.1, -0.05) is 66.0 Å². The van der Waals surface area contributed by atoms with Crippen LogP contribution < -0.4 is 5.32 Å². The van der Waals surface area contributed by atoms with E-state index in [1.54, 1.807) is 17.0 Å². The summed E-state index contributed by atoms with van der Waals surface area (Å²) in [6.07, 6.45) is 0.490. The lowest BCUT2D eigenvalue weighted by Gasteiger charge is -2.33. The summed E-state index contributed by atoms with van der Waals surface area (Å²) in [6, 6.07) is 12.2. The van der Waals surface area contributed by atoms with E-state index in [1.807, 2.05) is 58.0 Å². The molecule has 174 valence electrons. The van der Waals surface area contributed by atoms with Crippen molar-refractivity contribution in [3.8, 4) is 0 Å². The predicted molar refractivity (Wildman–Crippen MR) is 137 cm³/mol. The Balaban J connectivity index is 2.20. The lowest BCUT2D eigenvalue weighted by atomic mass is 10.1. The van der Waals surface area contributed by atoms with E-state index >= 15 is 0 Å². The van der Waals surface area contributed by atoms with Crippen LogP contribution in [0.2, 0.25) is 15.1 Å². The molecule has 0 fully saturated rings. The number of carbonyl (C=O) groups is 2. The minimum Gasteiger partial charge on any atom is -0.350 e. The van der Waals surface area contributed by atoms with E-state index in [1.165, 1.54) is 11.8 Å². The number of thioether (sulfide) groups is 1. The molecule has 2 aromatic carbocycles. The number of rotatable bonds is 9. The Kier molecular flexibility index (Phi) is 10.2. The highest BCUT2D eigenvalue weighted by Gasteiger charge is 2.30. The standard InChI is InChI=1S/C24H29Cl3N2O2S/c1-5-21(23(31)28-24(2,3)4)29(13-16-10-11-19(26)20(27)12-16)22(30)15-32-14-17-8-6-7-9-18(17)25/h6-12,21H,5,13-15H2,1-4H3,(H,28,31)/t21-/m1/s1. The summed E-state index contributed by atoms with van der Waals surface area (Å²) in [6.45, 7) is 7.92. The monoisotopic (exact) mass is 514 g/mol. The Bertz CT molecular complexity index is 947. The maximum absolute atomic E-state index is 13.3. The van der Waals surface area contributed by atoms with Gasteiger partial charge in [-0.2, -0.15) is 0 Å². The van der Waals surface area contributed by atoms with Crippen LogP contribution in [0.3, 0.4) is 0 Å². The third-order valence-corrected chi connectivity index (χ3v) is 6.74. The maximum Gasteiger partial charge on any atom is 0.243 e. The van der Waals surface area contributed by atoms with Gasteiger partial charge in [0.1, 0.15) is 6.04 Å².